The first kappa shape index (κ1) is 15.8. The highest BCUT2D eigenvalue weighted by molar-refractivity contribution is 5.42. The highest BCUT2D eigenvalue weighted by Crippen LogP contribution is 2.33. The standard InChI is InChI=1S/C15H24O4/c1-5-7-13(19-6-2)15(16)12-9-8-11(17-3)10-14(12)18-4/h8-10,13,15-16H,5-7H2,1-4H3. The maximum absolute atomic E-state index is 10.5. The third kappa shape index (κ3) is 4.11. The predicted molar refractivity (Wildman–Crippen MR) is 74.8 cm³/mol. The van der Waals surface area contributed by atoms with Gasteiger partial charge in [0, 0.05) is 18.2 Å². The summed E-state index contributed by atoms with van der Waals surface area (Å²) in [6.45, 7) is 4.59. The molecule has 0 saturated heterocycles. The molecule has 0 aliphatic heterocycles. The van der Waals surface area contributed by atoms with Crippen molar-refractivity contribution >= 4 is 0 Å². The summed E-state index contributed by atoms with van der Waals surface area (Å²) in [5, 5.41) is 10.5. The number of rotatable bonds is 8. The fourth-order valence-corrected chi connectivity index (χ4v) is 2.09. The summed E-state index contributed by atoms with van der Waals surface area (Å²) in [6, 6.07) is 5.41. The van der Waals surface area contributed by atoms with Crippen LogP contribution in [0, 0.1) is 0 Å². The summed E-state index contributed by atoms with van der Waals surface area (Å²) in [7, 11) is 3.19. The van der Waals surface area contributed by atoms with Crippen molar-refractivity contribution < 1.29 is 19.3 Å². The van der Waals surface area contributed by atoms with Crippen molar-refractivity contribution in [1.29, 1.82) is 0 Å². The van der Waals surface area contributed by atoms with Gasteiger partial charge < -0.3 is 19.3 Å². The van der Waals surface area contributed by atoms with Gasteiger partial charge in [0.05, 0.1) is 20.3 Å². The van der Waals surface area contributed by atoms with E-state index in [1.54, 1.807) is 20.3 Å². The van der Waals surface area contributed by atoms with Crippen LogP contribution < -0.4 is 9.47 Å². The lowest BCUT2D eigenvalue weighted by Gasteiger charge is -2.24. The van der Waals surface area contributed by atoms with Crippen molar-refractivity contribution in [3.05, 3.63) is 23.8 Å². The molecule has 2 atom stereocenters. The van der Waals surface area contributed by atoms with E-state index in [1.807, 2.05) is 19.1 Å². The summed E-state index contributed by atoms with van der Waals surface area (Å²) in [6.07, 6.45) is 0.864. The summed E-state index contributed by atoms with van der Waals surface area (Å²) < 4.78 is 16.1. The quantitative estimate of drug-likeness (QED) is 0.787. The van der Waals surface area contributed by atoms with Crippen molar-refractivity contribution in [2.24, 2.45) is 0 Å². The Hall–Kier alpha value is -1.26. The smallest absolute Gasteiger partial charge is 0.128 e. The van der Waals surface area contributed by atoms with Crippen LogP contribution in [0.1, 0.15) is 38.4 Å². The molecule has 0 bridgehead atoms. The Bertz CT molecular complexity index is 372. The molecule has 0 heterocycles. The number of hydrogen-bond donors (Lipinski definition) is 1. The molecule has 0 amide bonds. The molecule has 108 valence electrons. The molecular formula is C15H24O4. The third-order valence-corrected chi connectivity index (χ3v) is 3.07. The fraction of sp³-hybridized carbons (Fsp3) is 0.600. The van der Waals surface area contributed by atoms with Gasteiger partial charge in [-0.3, -0.25) is 0 Å². The summed E-state index contributed by atoms with van der Waals surface area (Å²) in [5.74, 6) is 1.32. The number of methoxy groups -OCH3 is 2. The molecule has 0 saturated carbocycles. The average molecular weight is 268 g/mol. The van der Waals surface area contributed by atoms with E-state index in [1.165, 1.54) is 0 Å². The molecule has 4 heteroatoms. The molecule has 2 unspecified atom stereocenters. The minimum atomic E-state index is -0.694. The molecule has 19 heavy (non-hydrogen) atoms. The molecule has 0 aromatic heterocycles. The second-order valence-electron chi connectivity index (χ2n) is 4.34. The third-order valence-electron chi connectivity index (χ3n) is 3.07. The van der Waals surface area contributed by atoms with Crippen molar-refractivity contribution in [1.82, 2.24) is 0 Å². The Morgan fingerprint density at radius 2 is 1.89 bits per heavy atom. The molecule has 0 fully saturated rings. The minimum absolute atomic E-state index is 0.211. The van der Waals surface area contributed by atoms with E-state index >= 15 is 0 Å². The molecule has 1 aromatic rings. The molecule has 0 spiro atoms. The van der Waals surface area contributed by atoms with E-state index in [9.17, 15) is 5.11 Å². The van der Waals surface area contributed by atoms with Gasteiger partial charge in [0.25, 0.3) is 0 Å². The second kappa shape index (κ2) is 8.02. The van der Waals surface area contributed by atoms with E-state index < -0.39 is 6.10 Å². The van der Waals surface area contributed by atoms with Crippen molar-refractivity contribution in [2.75, 3.05) is 20.8 Å². The van der Waals surface area contributed by atoms with Gasteiger partial charge in [-0.2, -0.15) is 0 Å². The fourth-order valence-electron chi connectivity index (χ4n) is 2.09. The van der Waals surface area contributed by atoms with Gasteiger partial charge in [-0.25, -0.2) is 0 Å². The molecule has 0 aliphatic carbocycles. The molecule has 4 nitrogen and oxygen atoms in total. The molecule has 1 N–H and O–H groups in total. The van der Waals surface area contributed by atoms with Gasteiger partial charge in [-0.1, -0.05) is 13.3 Å². The first-order valence-electron chi connectivity index (χ1n) is 6.69. The number of hydrogen-bond acceptors (Lipinski definition) is 4. The van der Waals surface area contributed by atoms with Crippen LogP contribution in [0.2, 0.25) is 0 Å². The highest BCUT2D eigenvalue weighted by Gasteiger charge is 2.23. The Morgan fingerprint density at radius 3 is 2.42 bits per heavy atom. The number of aliphatic hydroxyl groups is 1. The maximum Gasteiger partial charge on any atom is 0.128 e. The van der Waals surface area contributed by atoms with E-state index in [0.717, 1.165) is 18.4 Å². The first-order chi connectivity index (χ1) is 9.17. The van der Waals surface area contributed by atoms with Gasteiger partial charge in [0.15, 0.2) is 0 Å². The minimum Gasteiger partial charge on any atom is -0.497 e. The highest BCUT2D eigenvalue weighted by atomic mass is 16.5. The van der Waals surface area contributed by atoms with Gasteiger partial charge >= 0.3 is 0 Å². The number of benzene rings is 1. The molecule has 1 rings (SSSR count). The number of ether oxygens (including phenoxy) is 3. The van der Waals surface area contributed by atoms with Crippen LogP contribution in [0.4, 0.5) is 0 Å². The maximum atomic E-state index is 10.5. The summed E-state index contributed by atoms with van der Waals surface area (Å²) >= 11 is 0. The lowest BCUT2D eigenvalue weighted by atomic mass is 10.00. The van der Waals surface area contributed by atoms with Gasteiger partial charge in [-0.15, -0.1) is 0 Å². The Balaban J connectivity index is 2.98. The summed E-state index contributed by atoms with van der Waals surface area (Å²) in [5.41, 5.74) is 0.732. The second-order valence-corrected chi connectivity index (χ2v) is 4.34. The zero-order valence-electron chi connectivity index (χ0n) is 12.2. The van der Waals surface area contributed by atoms with Crippen LogP contribution in [0.25, 0.3) is 0 Å². The van der Waals surface area contributed by atoms with Gasteiger partial charge in [0.1, 0.15) is 17.6 Å². The first-order valence-corrected chi connectivity index (χ1v) is 6.69. The lowest BCUT2D eigenvalue weighted by Crippen LogP contribution is -2.22. The summed E-state index contributed by atoms with van der Waals surface area (Å²) in [4.78, 5) is 0. The SMILES string of the molecule is CCCC(OCC)C(O)c1ccc(OC)cc1OC. The molecule has 0 aliphatic rings. The lowest BCUT2D eigenvalue weighted by molar-refractivity contribution is -0.0392. The normalized spacial score (nSPS) is 13.9. The Morgan fingerprint density at radius 1 is 1.16 bits per heavy atom. The molecule has 1 aromatic carbocycles. The van der Waals surface area contributed by atoms with Gasteiger partial charge in [-0.05, 0) is 25.5 Å². The van der Waals surface area contributed by atoms with Crippen molar-refractivity contribution in [3.8, 4) is 11.5 Å². The van der Waals surface area contributed by atoms with E-state index in [2.05, 4.69) is 6.92 Å². The topological polar surface area (TPSA) is 47.9 Å². The average Bonchev–Trinajstić information content (AvgIpc) is 2.45. The van der Waals surface area contributed by atoms with E-state index in [-0.39, 0.29) is 6.10 Å². The van der Waals surface area contributed by atoms with E-state index in [4.69, 9.17) is 14.2 Å². The van der Waals surface area contributed by atoms with Crippen LogP contribution in [-0.2, 0) is 4.74 Å². The van der Waals surface area contributed by atoms with E-state index in [0.29, 0.717) is 18.1 Å². The zero-order valence-corrected chi connectivity index (χ0v) is 12.2. The number of aliphatic hydroxyl groups excluding tert-OH is 1. The largest absolute Gasteiger partial charge is 0.497 e. The molecular weight excluding hydrogens is 244 g/mol. The van der Waals surface area contributed by atoms with Crippen LogP contribution in [0.5, 0.6) is 11.5 Å². The van der Waals surface area contributed by atoms with Crippen LogP contribution in [0.3, 0.4) is 0 Å². The monoisotopic (exact) mass is 268 g/mol. The predicted octanol–water partition coefficient (Wildman–Crippen LogP) is 2.94. The molecule has 0 radical (unpaired) electrons. The van der Waals surface area contributed by atoms with Crippen molar-refractivity contribution in [2.45, 2.75) is 38.9 Å². The zero-order chi connectivity index (χ0) is 14.3. The Labute approximate surface area is 115 Å². The van der Waals surface area contributed by atoms with Crippen LogP contribution >= 0.6 is 0 Å². The van der Waals surface area contributed by atoms with Crippen LogP contribution in [0.15, 0.2) is 18.2 Å². The Kier molecular flexibility index (Phi) is 6.67. The van der Waals surface area contributed by atoms with Crippen molar-refractivity contribution in [3.63, 3.8) is 0 Å². The van der Waals surface area contributed by atoms with Crippen LogP contribution in [-0.4, -0.2) is 32.0 Å². The van der Waals surface area contributed by atoms with Gasteiger partial charge in [0.2, 0.25) is 0 Å².